The number of para-hydroxylation sites is 1. The van der Waals surface area contributed by atoms with Crippen LogP contribution in [0, 0.1) is 0 Å². The van der Waals surface area contributed by atoms with Gasteiger partial charge in [-0.15, -0.1) is 0 Å². The Balaban J connectivity index is 1.99. The Morgan fingerprint density at radius 1 is 1.28 bits per heavy atom. The Bertz CT molecular complexity index is 720. The molecule has 1 heterocycles. The molecule has 2 rings (SSSR count). The Morgan fingerprint density at radius 3 is 2.44 bits per heavy atom. The average molecular weight is 385 g/mol. The van der Waals surface area contributed by atoms with Crippen molar-refractivity contribution >= 4 is 34.8 Å². The summed E-state index contributed by atoms with van der Waals surface area (Å²) in [7, 11) is 0. The summed E-state index contributed by atoms with van der Waals surface area (Å²) in [6.07, 6.45) is 0. The van der Waals surface area contributed by atoms with Crippen molar-refractivity contribution in [2.45, 2.75) is 39.7 Å². The molecule has 1 N–H and O–H groups in total. The van der Waals surface area contributed by atoms with Crippen LogP contribution < -0.4 is 5.32 Å². The summed E-state index contributed by atoms with van der Waals surface area (Å²) in [5.41, 5.74) is 0.210. The number of amides is 1. The Hall–Kier alpha value is -1.63. The largest absolute Gasteiger partial charge is 0.339 e. The van der Waals surface area contributed by atoms with Crippen LogP contribution in [0.15, 0.2) is 22.7 Å². The number of likely N-dealkylation sites (N-methyl/N-ethyl adjacent to an activating group) is 1. The first-order valence-corrected chi connectivity index (χ1v) is 8.75. The number of anilines is 1. The van der Waals surface area contributed by atoms with Gasteiger partial charge in [0.25, 0.3) is 0 Å². The van der Waals surface area contributed by atoms with Gasteiger partial charge in [-0.3, -0.25) is 9.69 Å². The lowest BCUT2D eigenvalue weighted by Gasteiger charge is -2.18. The molecule has 6 nitrogen and oxygen atoms in total. The third-order valence-electron chi connectivity index (χ3n) is 3.52. The molecule has 0 aliphatic rings. The number of hydrogen-bond donors (Lipinski definition) is 1. The first kappa shape index (κ1) is 19.7. The maximum atomic E-state index is 12.3. The number of rotatable bonds is 6. The van der Waals surface area contributed by atoms with Gasteiger partial charge in [-0.1, -0.05) is 62.1 Å². The molecule has 0 unspecified atom stereocenters. The highest BCUT2D eigenvalue weighted by Gasteiger charge is 2.22. The molecule has 0 fully saturated rings. The standard InChI is InChI=1S/C17H22Cl2N4O2/c1-5-23(9-13-20-16(25-22-13)17(2,3)4)10-14(24)21-15-11(18)7-6-8-12(15)19/h6-8H,5,9-10H2,1-4H3,(H,21,24). The molecule has 25 heavy (non-hydrogen) atoms. The molecule has 0 radical (unpaired) electrons. The summed E-state index contributed by atoms with van der Waals surface area (Å²) < 4.78 is 5.28. The number of nitrogens with one attached hydrogen (secondary N) is 1. The van der Waals surface area contributed by atoms with Crippen molar-refractivity contribution in [3.05, 3.63) is 40.0 Å². The summed E-state index contributed by atoms with van der Waals surface area (Å²) in [5.74, 6) is 0.914. The molecule has 0 saturated heterocycles. The van der Waals surface area contributed by atoms with Crippen LogP contribution in [0.25, 0.3) is 0 Å². The number of carbonyl (C=O) groups excluding carboxylic acids is 1. The minimum atomic E-state index is -0.212. The van der Waals surface area contributed by atoms with Gasteiger partial charge in [-0.05, 0) is 18.7 Å². The van der Waals surface area contributed by atoms with E-state index >= 15 is 0 Å². The van der Waals surface area contributed by atoms with Crippen LogP contribution in [-0.2, 0) is 16.8 Å². The summed E-state index contributed by atoms with van der Waals surface area (Å²) in [6.45, 7) is 9.20. The van der Waals surface area contributed by atoms with E-state index in [2.05, 4.69) is 15.5 Å². The van der Waals surface area contributed by atoms with E-state index in [9.17, 15) is 4.79 Å². The lowest BCUT2D eigenvalue weighted by atomic mass is 9.97. The molecule has 0 bridgehead atoms. The predicted molar refractivity (Wildman–Crippen MR) is 99.0 cm³/mol. The highest BCUT2D eigenvalue weighted by atomic mass is 35.5. The van der Waals surface area contributed by atoms with Crippen molar-refractivity contribution in [3.63, 3.8) is 0 Å². The van der Waals surface area contributed by atoms with E-state index in [1.807, 2.05) is 32.6 Å². The molecule has 0 spiro atoms. The topological polar surface area (TPSA) is 71.3 Å². The smallest absolute Gasteiger partial charge is 0.238 e. The third kappa shape index (κ3) is 5.42. The Kier molecular flexibility index (Phi) is 6.43. The molecule has 2 aromatic rings. The van der Waals surface area contributed by atoms with Crippen molar-refractivity contribution in [3.8, 4) is 0 Å². The second-order valence-electron chi connectivity index (χ2n) is 6.71. The van der Waals surface area contributed by atoms with Crippen molar-refractivity contribution in [1.29, 1.82) is 0 Å². The van der Waals surface area contributed by atoms with Crippen molar-refractivity contribution in [1.82, 2.24) is 15.0 Å². The zero-order valence-electron chi connectivity index (χ0n) is 14.8. The van der Waals surface area contributed by atoms with Gasteiger partial charge in [0, 0.05) is 5.41 Å². The number of hydrogen-bond acceptors (Lipinski definition) is 5. The number of aromatic nitrogens is 2. The fourth-order valence-corrected chi connectivity index (χ4v) is 2.59. The summed E-state index contributed by atoms with van der Waals surface area (Å²) in [5, 5.41) is 7.54. The van der Waals surface area contributed by atoms with Crippen LogP contribution in [-0.4, -0.2) is 34.0 Å². The predicted octanol–water partition coefficient (Wildman–Crippen LogP) is 4.13. The van der Waals surface area contributed by atoms with Crippen LogP contribution in [0.1, 0.15) is 39.4 Å². The van der Waals surface area contributed by atoms with E-state index < -0.39 is 0 Å². The fourth-order valence-electron chi connectivity index (χ4n) is 2.10. The van der Waals surface area contributed by atoms with Gasteiger partial charge in [0.2, 0.25) is 11.8 Å². The molecule has 0 atom stereocenters. The van der Waals surface area contributed by atoms with E-state index in [1.165, 1.54) is 0 Å². The van der Waals surface area contributed by atoms with Gasteiger partial charge in [0.1, 0.15) is 0 Å². The number of carbonyl (C=O) groups is 1. The maximum Gasteiger partial charge on any atom is 0.238 e. The second kappa shape index (κ2) is 8.17. The van der Waals surface area contributed by atoms with Crippen LogP contribution in [0.5, 0.6) is 0 Å². The molecular formula is C17H22Cl2N4O2. The van der Waals surface area contributed by atoms with Crippen molar-refractivity contribution in [2.75, 3.05) is 18.4 Å². The van der Waals surface area contributed by atoms with E-state index in [4.69, 9.17) is 27.7 Å². The van der Waals surface area contributed by atoms with Crippen LogP contribution in [0.4, 0.5) is 5.69 Å². The minimum absolute atomic E-state index is 0.164. The Labute approximate surface area is 157 Å². The maximum absolute atomic E-state index is 12.3. The Morgan fingerprint density at radius 2 is 1.92 bits per heavy atom. The number of nitrogens with zero attached hydrogens (tertiary/aromatic N) is 3. The zero-order chi connectivity index (χ0) is 18.6. The molecule has 136 valence electrons. The van der Waals surface area contributed by atoms with Crippen molar-refractivity contribution < 1.29 is 9.32 Å². The number of benzene rings is 1. The van der Waals surface area contributed by atoms with E-state index in [-0.39, 0.29) is 17.9 Å². The first-order valence-electron chi connectivity index (χ1n) is 8.00. The number of halogens is 2. The van der Waals surface area contributed by atoms with Gasteiger partial charge in [0.05, 0.1) is 28.8 Å². The lowest BCUT2D eigenvalue weighted by molar-refractivity contribution is -0.117. The fraction of sp³-hybridized carbons (Fsp3) is 0.471. The third-order valence-corrected chi connectivity index (χ3v) is 4.15. The van der Waals surface area contributed by atoms with Gasteiger partial charge in [-0.2, -0.15) is 4.98 Å². The summed E-state index contributed by atoms with van der Waals surface area (Å²) in [4.78, 5) is 18.6. The zero-order valence-corrected chi connectivity index (χ0v) is 16.3. The molecule has 1 aromatic carbocycles. The van der Waals surface area contributed by atoms with Crippen molar-refractivity contribution in [2.24, 2.45) is 0 Å². The van der Waals surface area contributed by atoms with Crippen LogP contribution in [0.3, 0.4) is 0 Å². The van der Waals surface area contributed by atoms with Gasteiger partial charge < -0.3 is 9.84 Å². The van der Waals surface area contributed by atoms with Crippen LogP contribution in [0.2, 0.25) is 10.0 Å². The molecule has 0 aliphatic heterocycles. The van der Waals surface area contributed by atoms with Gasteiger partial charge >= 0.3 is 0 Å². The van der Waals surface area contributed by atoms with Gasteiger partial charge in [0.15, 0.2) is 5.82 Å². The van der Waals surface area contributed by atoms with Crippen LogP contribution >= 0.6 is 23.2 Å². The van der Waals surface area contributed by atoms with Gasteiger partial charge in [-0.25, -0.2) is 0 Å². The molecule has 1 amide bonds. The molecular weight excluding hydrogens is 363 g/mol. The lowest BCUT2D eigenvalue weighted by Crippen LogP contribution is -2.33. The molecule has 0 saturated carbocycles. The SMILES string of the molecule is CCN(CC(=O)Nc1c(Cl)cccc1Cl)Cc1noc(C(C)(C)C)n1. The minimum Gasteiger partial charge on any atom is -0.339 e. The van der Waals surface area contributed by atoms with E-state index in [1.54, 1.807) is 18.2 Å². The highest BCUT2D eigenvalue weighted by molar-refractivity contribution is 6.39. The molecule has 1 aromatic heterocycles. The average Bonchev–Trinajstić information content (AvgIpc) is 2.99. The normalized spacial score (nSPS) is 11.8. The summed E-state index contributed by atoms with van der Waals surface area (Å²) >= 11 is 12.1. The quantitative estimate of drug-likeness (QED) is 0.810. The van der Waals surface area contributed by atoms with E-state index in [0.717, 1.165) is 0 Å². The molecule has 8 heteroatoms. The summed E-state index contributed by atoms with van der Waals surface area (Å²) in [6, 6.07) is 5.07. The van der Waals surface area contributed by atoms with E-state index in [0.29, 0.717) is 40.5 Å². The monoisotopic (exact) mass is 384 g/mol. The molecule has 0 aliphatic carbocycles. The highest BCUT2D eigenvalue weighted by Crippen LogP contribution is 2.29. The second-order valence-corrected chi connectivity index (χ2v) is 7.53. The first-order chi connectivity index (χ1) is 11.7.